The van der Waals surface area contributed by atoms with Gasteiger partial charge in [-0.05, 0) is 20.8 Å². The van der Waals surface area contributed by atoms with Crippen LogP contribution in [0.25, 0.3) is 0 Å². The Bertz CT molecular complexity index is 322. The summed E-state index contributed by atoms with van der Waals surface area (Å²) in [6.07, 6.45) is 5.40. The van der Waals surface area contributed by atoms with E-state index >= 15 is 0 Å². The smallest absolute Gasteiger partial charge is 0.416 e. The Morgan fingerprint density at radius 3 is 2.47 bits per heavy atom. The molecular weight excluding hydrogens is 305 g/mol. The van der Waals surface area contributed by atoms with Crippen molar-refractivity contribution in [2.45, 2.75) is 26.8 Å². The lowest BCUT2D eigenvalue weighted by Gasteiger charge is -2.21. The molecule has 4 nitrogen and oxygen atoms in total. The van der Waals surface area contributed by atoms with Crippen molar-refractivity contribution in [2.75, 3.05) is 6.54 Å². The van der Waals surface area contributed by atoms with Gasteiger partial charge in [-0.25, -0.2) is 9.36 Å². The summed E-state index contributed by atoms with van der Waals surface area (Å²) in [5.74, 6) is 0. The van der Waals surface area contributed by atoms with Crippen LogP contribution in [0.1, 0.15) is 20.8 Å². The average molecular weight is 323 g/mol. The zero-order chi connectivity index (χ0) is 10.7. The standard InChI is InChI=1S/C10H18N3O.HI/c1-5-13(9(2)3)10(14)12-7-6-11(4)8-12;/h6-9H,5H2,1-4H3;1H/q+1;/p-1. The molecule has 1 heterocycles. The molecule has 0 spiro atoms. The van der Waals surface area contributed by atoms with Crippen molar-refractivity contribution < 1.29 is 33.3 Å². The molecule has 0 radical (unpaired) electrons. The molecule has 0 N–H and O–H groups in total. The van der Waals surface area contributed by atoms with E-state index in [1.807, 2.05) is 43.5 Å². The van der Waals surface area contributed by atoms with Crippen molar-refractivity contribution in [2.24, 2.45) is 7.05 Å². The summed E-state index contributed by atoms with van der Waals surface area (Å²) in [5.41, 5.74) is 0. The highest BCUT2D eigenvalue weighted by Gasteiger charge is 2.21. The molecule has 1 rings (SSSR count). The minimum atomic E-state index is 0. The van der Waals surface area contributed by atoms with Gasteiger partial charge in [-0.2, -0.15) is 4.57 Å². The molecule has 0 aromatic carbocycles. The maximum absolute atomic E-state index is 11.9. The normalized spacial score (nSPS) is 9.93. The molecule has 1 aromatic heterocycles. The molecule has 5 heteroatoms. The predicted octanol–water partition coefficient (Wildman–Crippen LogP) is -1.98. The lowest BCUT2D eigenvalue weighted by atomic mass is 10.3. The summed E-state index contributed by atoms with van der Waals surface area (Å²) in [6, 6.07) is 0.267. The maximum Gasteiger partial charge on any atom is 0.416 e. The van der Waals surface area contributed by atoms with Crippen LogP contribution in [0.2, 0.25) is 0 Å². The minimum absolute atomic E-state index is 0. The van der Waals surface area contributed by atoms with Gasteiger partial charge in [0.2, 0.25) is 0 Å². The Kier molecular flexibility index (Phi) is 5.85. The first-order valence-corrected chi connectivity index (χ1v) is 4.90. The van der Waals surface area contributed by atoms with Crippen LogP contribution in [0.15, 0.2) is 18.7 Å². The van der Waals surface area contributed by atoms with Gasteiger partial charge < -0.3 is 28.9 Å². The van der Waals surface area contributed by atoms with Gasteiger partial charge in [-0.15, -0.1) is 0 Å². The topological polar surface area (TPSA) is 29.1 Å². The lowest BCUT2D eigenvalue weighted by molar-refractivity contribution is -0.670. The van der Waals surface area contributed by atoms with E-state index in [4.69, 9.17) is 0 Å². The molecular formula is C10H18IN3O. The molecule has 15 heavy (non-hydrogen) atoms. The van der Waals surface area contributed by atoms with Crippen LogP contribution < -0.4 is 28.5 Å². The summed E-state index contributed by atoms with van der Waals surface area (Å²) >= 11 is 0. The molecule has 0 atom stereocenters. The van der Waals surface area contributed by atoms with Gasteiger partial charge in [0.25, 0.3) is 6.33 Å². The molecule has 0 bridgehead atoms. The van der Waals surface area contributed by atoms with E-state index in [0.717, 1.165) is 6.54 Å². The van der Waals surface area contributed by atoms with Gasteiger partial charge in [0.05, 0.1) is 7.05 Å². The highest BCUT2D eigenvalue weighted by Crippen LogP contribution is 2.01. The monoisotopic (exact) mass is 323 g/mol. The zero-order valence-electron chi connectivity index (χ0n) is 9.64. The lowest BCUT2D eigenvalue weighted by Crippen LogP contribution is -3.00. The van der Waals surface area contributed by atoms with Crippen LogP contribution in [0, 0.1) is 0 Å². The number of hydrogen-bond donors (Lipinski definition) is 0. The highest BCUT2D eigenvalue weighted by atomic mass is 127. The first-order chi connectivity index (χ1) is 6.56. The Hall–Kier alpha value is -0.590. The fourth-order valence-corrected chi connectivity index (χ4v) is 1.43. The minimum Gasteiger partial charge on any atom is -1.00 e. The Balaban J connectivity index is 0.00000196. The van der Waals surface area contributed by atoms with Crippen molar-refractivity contribution in [1.29, 1.82) is 0 Å². The maximum atomic E-state index is 11.9. The number of nitrogens with zero attached hydrogens (tertiary/aromatic N) is 3. The molecule has 0 fully saturated rings. The number of rotatable bonds is 2. The quantitative estimate of drug-likeness (QED) is 0.458. The molecule has 0 aliphatic heterocycles. The van der Waals surface area contributed by atoms with E-state index < -0.39 is 0 Å². The van der Waals surface area contributed by atoms with E-state index in [9.17, 15) is 4.79 Å². The molecule has 1 amide bonds. The second kappa shape index (κ2) is 6.09. The summed E-state index contributed by atoms with van der Waals surface area (Å²) in [6.45, 7) is 6.76. The summed E-state index contributed by atoms with van der Waals surface area (Å²) in [7, 11) is 1.90. The van der Waals surface area contributed by atoms with Gasteiger partial charge >= 0.3 is 6.03 Å². The number of hydrogen-bond acceptors (Lipinski definition) is 1. The van der Waals surface area contributed by atoms with Crippen LogP contribution in [-0.2, 0) is 7.05 Å². The van der Waals surface area contributed by atoms with E-state index in [0.29, 0.717) is 0 Å². The molecule has 86 valence electrons. The molecule has 1 aromatic rings. The fourth-order valence-electron chi connectivity index (χ4n) is 1.43. The summed E-state index contributed by atoms with van der Waals surface area (Å²) in [4.78, 5) is 13.7. The molecule has 0 aliphatic rings. The summed E-state index contributed by atoms with van der Waals surface area (Å²) in [5, 5.41) is 0. The van der Waals surface area contributed by atoms with Crippen LogP contribution in [0.3, 0.4) is 0 Å². The average Bonchev–Trinajstić information content (AvgIpc) is 2.52. The van der Waals surface area contributed by atoms with Crippen molar-refractivity contribution in [3.8, 4) is 0 Å². The first kappa shape index (κ1) is 14.4. The van der Waals surface area contributed by atoms with Gasteiger partial charge in [0, 0.05) is 12.6 Å². The number of halogens is 1. The van der Waals surface area contributed by atoms with Gasteiger partial charge in [-0.3, -0.25) is 0 Å². The number of carbonyl (C=O) groups is 1. The SMILES string of the molecule is CCN(C(=O)n1cc[n+](C)c1)C(C)C.[I-]. The third-order valence-electron chi connectivity index (χ3n) is 2.20. The highest BCUT2D eigenvalue weighted by molar-refractivity contribution is 5.76. The van der Waals surface area contributed by atoms with Crippen LogP contribution in [-0.4, -0.2) is 28.1 Å². The molecule has 0 saturated carbocycles. The van der Waals surface area contributed by atoms with Crippen molar-refractivity contribution >= 4 is 6.03 Å². The second-order valence-corrected chi connectivity index (χ2v) is 3.65. The first-order valence-electron chi connectivity index (χ1n) is 4.90. The number of carbonyl (C=O) groups excluding carboxylic acids is 1. The van der Waals surface area contributed by atoms with E-state index in [-0.39, 0.29) is 36.0 Å². The van der Waals surface area contributed by atoms with Gasteiger partial charge in [0.1, 0.15) is 12.4 Å². The molecule has 0 unspecified atom stereocenters. The third-order valence-corrected chi connectivity index (χ3v) is 2.20. The number of aryl methyl sites for hydroxylation is 1. The van der Waals surface area contributed by atoms with Crippen molar-refractivity contribution in [3.63, 3.8) is 0 Å². The summed E-state index contributed by atoms with van der Waals surface area (Å²) < 4.78 is 3.45. The van der Waals surface area contributed by atoms with Crippen molar-refractivity contribution in [1.82, 2.24) is 9.47 Å². The number of aromatic nitrogens is 2. The van der Waals surface area contributed by atoms with E-state index in [1.54, 1.807) is 17.1 Å². The largest absolute Gasteiger partial charge is 1.00 e. The predicted molar refractivity (Wildman–Crippen MR) is 53.9 cm³/mol. The zero-order valence-corrected chi connectivity index (χ0v) is 11.8. The Morgan fingerprint density at radius 1 is 1.53 bits per heavy atom. The Labute approximate surface area is 108 Å². The fraction of sp³-hybridized carbons (Fsp3) is 0.600. The Morgan fingerprint density at radius 2 is 2.13 bits per heavy atom. The molecule has 0 aliphatic carbocycles. The van der Waals surface area contributed by atoms with Gasteiger partial charge in [-0.1, -0.05) is 0 Å². The number of imidazole rings is 1. The van der Waals surface area contributed by atoms with Crippen LogP contribution >= 0.6 is 0 Å². The van der Waals surface area contributed by atoms with E-state index in [1.165, 1.54) is 0 Å². The number of amides is 1. The van der Waals surface area contributed by atoms with E-state index in [2.05, 4.69) is 0 Å². The third kappa shape index (κ3) is 3.48. The van der Waals surface area contributed by atoms with Crippen LogP contribution in [0.4, 0.5) is 4.79 Å². The molecule has 0 saturated heterocycles. The second-order valence-electron chi connectivity index (χ2n) is 3.65. The van der Waals surface area contributed by atoms with Crippen molar-refractivity contribution in [3.05, 3.63) is 18.7 Å². The van der Waals surface area contributed by atoms with Gasteiger partial charge in [0.15, 0.2) is 0 Å². The van der Waals surface area contributed by atoms with Crippen LogP contribution in [0.5, 0.6) is 0 Å².